The summed E-state index contributed by atoms with van der Waals surface area (Å²) in [5.41, 5.74) is 12.8. The molecule has 0 spiro atoms. The maximum absolute atomic E-state index is 6.14. The fourth-order valence-corrected chi connectivity index (χ4v) is 5.09. The molecule has 180 valence electrons. The number of fused-ring (bicyclic) bond motifs is 1. The summed E-state index contributed by atoms with van der Waals surface area (Å²) in [5, 5.41) is 1.25. The molecule has 2 heterocycles. The van der Waals surface area contributed by atoms with Gasteiger partial charge in [0.1, 0.15) is 5.82 Å². The Balaban J connectivity index is 0.00000103. The van der Waals surface area contributed by atoms with E-state index < -0.39 is 0 Å². The van der Waals surface area contributed by atoms with E-state index in [1.807, 2.05) is 46.8 Å². The number of nitrogens with zero attached hydrogens (tertiary/aromatic N) is 2. The third-order valence-corrected chi connectivity index (χ3v) is 6.63. The molecule has 4 rings (SSSR count). The molecule has 2 aromatic heterocycles. The van der Waals surface area contributed by atoms with Crippen LogP contribution in [0, 0.1) is 19.8 Å². The summed E-state index contributed by atoms with van der Waals surface area (Å²) >= 11 is 1.78. The van der Waals surface area contributed by atoms with Gasteiger partial charge in [-0.1, -0.05) is 75.1 Å². The van der Waals surface area contributed by atoms with Crippen molar-refractivity contribution in [2.75, 3.05) is 0 Å². The standard InChI is InChI=1S/C27H27N3S.C2H6.C2H2/c1-5-10-21-23-16-19(14-15-26(23)31-25(21)7-3)20-12-8-9-13-22(20)27-29-18(4)24(11-6-2)30(27)17-28;2*1-2/h5-16H,3,17,28H2,1-2,4H3;1-2H3;1-2H/b10-5-,11-6-;;. The molecule has 0 aliphatic carbocycles. The molecule has 0 aliphatic rings. The molecule has 0 bridgehead atoms. The van der Waals surface area contributed by atoms with Gasteiger partial charge in [-0.15, -0.1) is 24.2 Å². The zero-order chi connectivity index (χ0) is 26.0. The second-order valence-electron chi connectivity index (χ2n) is 7.36. The van der Waals surface area contributed by atoms with E-state index in [9.17, 15) is 0 Å². The third kappa shape index (κ3) is 5.54. The number of nitrogens with two attached hydrogens (primary N) is 1. The van der Waals surface area contributed by atoms with Gasteiger partial charge < -0.3 is 10.3 Å². The van der Waals surface area contributed by atoms with Crippen LogP contribution in [0.2, 0.25) is 0 Å². The molecule has 0 amide bonds. The quantitative estimate of drug-likeness (QED) is 0.280. The van der Waals surface area contributed by atoms with Crippen molar-refractivity contribution in [3.8, 4) is 35.4 Å². The highest BCUT2D eigenvalue weighted by Crippen LogP contribution is 2.38. The predicted molar refractivity (Wildman–Crippen MR) is 158 cm³/mol. The highest BCUT2D eigenvalue weighted by Gasteiger charge is 2.17. The molecule has 2 N–H and O–H groups in total. The number of hydrogen-bond donors (Lipinski definition) is 1. The van der Waals surface area contributed by atoms with Crippen LogP contribution in [0.1, 0.15) is 49.5 Å². The zero-order valence-corrected chi connectivity index (χ0v) is 22.2. The number of rotatable bonds is 6. The summed E-state index contributed by atoms with van der Waals surface area (Å²) < 4.78 is 3.34. The Bertz CT molecular complexity index is 1360. The molecule has 0 aliphatic heterocycles. The lowest BCUT2D eigenvalue weighted by Gasteiger charge is -2.12. The minimum atomic E-state index is 0.377. The average molecular weight is 482 g/mol. The predicted octanol–water partition coefficient (Wildman–Crippen LogP) is 8.64. The first-order valence-electron chi connectivity index (χ1n) is 11.8. The van der Waals surface area contributed by atoms with Gasteiger partial charge in [0.25, 0.3) is 0 Å². The molecule has 3 nitrogen and oxygen atoms in total. The fraction of sp³-hybridized carbons (Fsp3) is 0.194. The molecule has 2 aromatic carbocycles. The SMILES string of the molecule is C#C.C=Cc1sc2ccc(-c3ccccc3-c3nc(C)c(/C=C\C)n3CN)cc2c1/C=C\C.CC. The second-order valence-corrected chi connectivity index (χ2v) is 8.44. The number of aryl methyl sites for hydroxylation is 1. The van der Waals surface area contributed by atoms with E-state index >= 15 is 0 Å². The minimum Gasteiger partial charge on any atom is -0.314 e. The number of aromatic nitrogens is 2. The number of hydrogen-bond acceptors (Lipinski definition) is 3. The summed E-state index contributed by atoms with van der Waals surface area (Å²) in [5.74, 6) is 0.898. The van der Waals surface area contributed by atoms with E-state index in [4.69, 9.17) is 10.7 Å². The molecular weight excluding hydrogens is 446 g/mol. The van der Waals surface area contributed by atoms with E-state index in [-0.39, 0.29) is 0 Å². The number of terminal acetylenes is 1. The van der Waals surface area contributed by atoms with Gasteiger partial charge in [0, 0.05) is 20.5 Å². The molecular formula is C31H35N3S. The largest absolute Gasteiger partial charge is 0.314 e. The highest BCUT2D eigenvalue weighted by molar-refractivity contribution is 7.20. The van der Waals surface area contributed by atoms with E-state index in [0.717, 1.165) is 28.3 Å². The fourth-order valence-electron chi connectivity index (χ4n) is 4.07. The molecule has 0 fully saturated rings. The van der Waals surface area contributed by atoms with Crippen LogP contribution in [-0.4, -0.2) is 9.55 Å². The molecule has 4 aromatic rings. The summed E-state index contributed by atoms with van der Waals surface area (Å²) in [6.45, 7) is 14.5. The van der Waals surface area contributed by atoms with Gasteiger partial charge in [-0.25, -0.2) is 4.98 Å². The molecule has 35 heavy (non-hydrogen) atoms. The Morgan fingerprint density at radius 2 is 1.69 bits per heavy atom. The van der Waals surface area contributed by atoms with Crippen LogP contribution < -0.4 is 5.73 Å². The lowest BCUT2D eigenvalue weighted by atomic mass is 9.97. The summed E-state index contributed by atoms with van der Waals surface area (Å²) in [4.78, 5) is 6.09. The molecule has 0 unspecified atom stereocenters. The van der Waals surface area contributed by atoms with Crippen LogP contribution in [0.4, 0.5) is 0 Å². The smallest absolute Gasteiger partial charge is 0.142 e. The molecule has 4 heteroatoms. The van der Waals surface area contributed by atoms with Crippen molar-refractivity contribution in [2.45, 2.75) is 41.3 Å². The van der Waals surface area contributed by atoms with Crippen LogP contribution in [0.15, 0.2) is 61.2 Å². The highest BCUT2D eigenvalue weighted by atomic mass is 32.1. The normalized spacial score (nSPS) is 10.7. The van der Waals surface area contributed by atoms with Crippen molar-refractivity contribution in [3.63, 3.8) is 0 Å². The van der Waals surface area contributed by atoms with E-state index in [1.165, 1.54) is 26.1 Å². The Morgan fingerprint density at radius 1 is 1.03 bits per heavy atom. The van der Waals surface area contributed by atoms with E-state index in [1.54, 1.807) is 11.3 Å². The lowest BCUT2D eigenvalue weighted by molar-refractivity contribution is 0.733. The van der Waals surface area contributed by atoms with Crippen molar-refractivity contribution >= 4 is 39.7 Å². The van der Waals surface area contributed by atoms with Crippen molar-refractivity contribution in [1.82, 2.24) is 9.55 Å². The van der Waals surface area contributed by atoms with Gasteiger partial charge in [0.2, 0.25) is 0 Å². The van der Waals surface area contributed by atoms with Crippen molar-refractivity contribution in [3.05, 3.63) is 83.0 Å². The number of thiophene rings is 1. The van der Waals surface area contributed by atoms with Crippen molar-refractivity contribution in [2.24, 2.45) is 5.73 Å². The van der Waals surface area contributed by atoms with Gasteiger partial charge in [-0.05, 0) is 55.7 Å². The Hall–Kier alpha value is -3.65. The van der Waals surface area contributed by atoms with E-state index in [2.05, 4.69) is 84.7 Å². The summed E-state index contributed by atoms with van der Waals surface area (Å²) in [7, 11) is 0. The van der Waals surface area contributed by atoms with Crippen molar-refractivity contribution < 1.29 is 0 Å². The van der Waals surface area contributed by atoms with Crippen LogP contribution in [0.5, 0.6) is 0 Å². The monoisotopic (exact) mass is 481 g/mol. The summed E-state index contributed by atoms with van der Waals surface area (Å²) in [6.07, 6.45) is 18.3. The Kier molecular flexibility index (Phi) is 10.5. The first kappa shape index (κ1) is 27.6. The van der Waals surface area contributed by atoms with Crippen LogP contribution in [0.25, 0.3) is 50.8 Å². The van der Waals surface area contributed by atoms with Crippen LogP contribution in [-0.2, 0) is 6.67 Å². The minimum absolute atomic E-state index is 0.377. The van der Waals surface area contributed by atoms with Crippen LogP contribution >= 0.6 is 11.3 Å². The first-order valence-corrected chi connectivity index (χ1v) is 12.6. The average Bonchev–Trinajstić information content (AvgIpc) is 3.43. The maximum atomic E-state index is 6.14. The van der Waals surface area contributed by atoms with Gasteiger partial charge in [-0.3, -0.25) is 0 Å². The number of imidazole rings is 1. The van der Waals surface area contributed by atoms with Gasteiger partial charge in [0.05, 0.1) is 18.1 Å². The molecule has 0 radical (unpaired) electrons. The maximum Gasteiger partial charge on any atom is 0.142 e. The Labute approximate surface area is 214 Å². The van der Waals surface area contributed by atoms with Crippen LogP contribution in [0.3, 0.4) is 0 Å². The molecule has 0 atom stereocenters. The van der Waals surface area contributed by atoms with Gasteiger partial charge in [-0.2, -0.15) is 0 Å². The lowest BCUT2D eigenvalue weighted by Crippen LogP contribution is -2.10. The Morgan fingerprint density at radius 3 is 2.29 bits per heavy atom. The second kappa shape index (κ2) is 13.3. The number of benzene rings is 2. The molecule has 0 saturated heterocycles. The first-order chi connectivity index (χ1) is 17.1. The number of allylic oxidation sites excluding steroid dienone is 2. The van der Waals surface area contributed by atoms with Crippen molar-refractivity contribution in [1.29, 1.82) is 0 Å². The molecule has 0 saturated carbocycles. The zero-order valence-electron chi connectivity index (χ0n) is 21.4. The summed E-state index contributed by atoms with van der Waals surface area (Å²) in [6, 6.07) is 15.1. The van der Waals surface area contributed by atoms with Gasteiger partial charge >= 0.3 is 0 Å². The van der Waals surface area contributed by atoms with E-state index in [0.29, 0.717) is 6.67 Å². The third-order valence-electron chi connectivity index (χ3n) is 5.45. The topological polar surface area (TPSA) is 43.8 Å². The van der Waals surface area contributed by atoms with Gasteiger partial charge in [0.15, 0.2) is 0 Å².